The van der Waals surface area contributed by atoms with Crippen molar-refractivity contribution in [2.45, 2.75) is 24.4 Å². The lowest BCUT2D eigenvalue weighted by atomic mass is 9.92. The summed E-state index contributed by atoms with van der Waals surface area (Å²) < 4.78 is 93.7. The Labute approximate surface area is 103 Å². The first-order valence-electron chi connectivity index (χ1n) is 5.16. The molecule has 0 N–H and O–H groups in total. The Bertz CT molecular complexity index is 475. The molecule has 0 radical (unpaired) electrons. The quantitative estimate of drug-likeness (QED) is 0.712. The normalized spacial score (nSPS) is 16.2. The van der Waals surface area contributed by atoms with Crippen LogP contribution in [0.5, 0.6) is 5.75 Å². The van der Waals surface area contributed by atoms with Gasteiger partial charge >= 0.3 is 18.0 Å². The Kier molecular flexibility index (Phi) is 2.94. The van der Waals surface area contributed by atoms with Crippen LogP contribution in [0, 0.1) is 0 Å². The topological polar surface area (TPSA) is 9.23 Å². The third-order valence-electron chi connectivity index (χ3n) is 2.87. The lowest BCUT2D eigenvalue weighted by Crippen LogP contribution is -2.50. The van der Waals surface area contributed by atoms with Gasteiger partial charge in [0.1, 0.15) is 5.75 Å². The van der Waals surface area contributed by atoms with Crippen LogP contribution in [0.15, 0.2) is 18.2 Å². The van der Waals surface area contributed by atoms with E-state index in [9.17, 15) is 30.7 Å². The first-order chi connectivity index (χ1) is 8.57. The van der Waals surface area contributed by atoms with Crippen molar-refractivity contribution in [3.63, 3.8) is 0 Å². The molecule has 106 valence electrons. The molecule has 0 bridgehead atoms. The predicted octanol–water partition coefficient (Wildman–Crippen LogP) is 3.91. The third-order valence-corrected chi connectivity index (χ3v) is 2.87. The maximum Gasteiger partial charge on any atom is 0.435 e. The summed E-state index contributed by atoms with van der Waals surface area (Å²) in [7, 11) is 0. The number of hydrogen-bond acceptors (Lipinski definition) is 1. The van der Waals surface area contributed by atoms with E-state index in [4.69, 9.17) is 4.74 Å². The Hall–Kier alpha value is -1.47. The van der Waals surface area contributed by atoms with Gasteiger partial charge in [-0.25, -0.2) is 4.39 Å². The molecule has 0 aliphatic carbocycles. The Morgan fingerprint density at radius 1 is 0.895 bits per heavy atom. The lowest BCUT2D eigenvalue weighted by molar-refractivity contribution is -0.348. The molecular weight excluding hydrogens is 281 g/mol. The molecule has 1 aliphatic rings. The fourth-order valence-corrected chi connectivity index (χ4v) is 1.89. The van der Waals surface area contributed by atoms with Gasteiger partial charge in [0.25, 0.3) is 0 Å². The average molecular weight is 288 g/mol. The number of ether oxygens (including phenoxy) is 1. The van der Waals surface area contributed by atoms with E-state index < -0.39 is 23.6 Å². The van der Waals surface area contributed by atoms with Crippen LogP contribution in [0.25, 0.3) is 0 Å². The van der Waals surface area contributed by atoms with Crippen molar-refractivity contribution in [3.05, 3.63) is 29.3 Å². The number of hydrogen-bond donors (Lipinski definition) is 0. The largest absolute Gasteiger partial charge is 0.493 e. The van der Waals surface area contributed by atoms with Gasteiger partial charge < -0.3 is 4.74 Å². The number of fused-ring (bicyclic) bond motifs is 1. The zero-order valence-corrected chi connectivity index (χ0v) is 9.20. The maximum absolute atomic E-state index is 13.7. The van der Waals surface area contributed by atoms with Crippen LogP contribution in [0.2, 0.25) is 0 Å². The first kappa shape index (κ1) is 14.0. The van der Waals surface area contributed by atoms with Crippen molar-refractivity contribution in [1.29, 1.82) is 0 Å². The van der Waals surface area contributed by atoms with E-state index in [0.717, 1.165) is 6.07 Å². The molecule has 0 saturated carbocycles. The minimum absolute atomic E-state index is 0.132. The van der Waals surface area contributed by atoms with Crippen LogP contribution in [0.4, 0.5) is 30.7 Å². The number of rotatable bonds is 1. The monoisotopic (exact) mass is 288 g/mol. The van der Waals surface area contributed by atoms with Crippen molar-refractivity contribution in [2.75, 3.05) is 6.61 Å². The molecule has 1 aromatic carbocycles. The fourth-order valence-electron chi connectivity index (χ4n) is 1.89. The summed E-state index contributed by atoms with van der Waals surface area (Å²) in [5.41, 5.74) is -6.72. The molecule has 8 heteroatoms. The van der Waals surface area contributed by atoms with E-state index in [2.05, 4.69) is 0 Å². The van der Waals surface area contributed by atoms with Crippen molar-refractivity contribution in [2.24, 2.45) is 0 Å². The molecule has 1 heterocycles. The standard InChI is InChI=1S/C11H7F7O/c12-9(10(13,14)15,11(16,17)18)7-1-2-8-6(5-7)3-4-19-8/h1-2,5H,3-4H2. The molecule has 0 aromatic heterocycles. The van der Waals surface area contributed by atoms with Crippen molar-refractivity contribution in [1.82, 2.24) is 0 Å². The van der Waals surface area contributed by atoms with Gasteiger partial charge in [-0.2, -0.15) is 26.3 Å². The van der Waals surface area contributed by atoms with Gasteiger partial charge in [-0.3, -0.25) is 0 Å². The van der Waals surface area contributed by atoms with Crippen molar-refractivity contribution >= 4 is 0 Å². The van der Waals surface area contributed by atoms with Gasteiger partial charge in [0, 0.05) is 12.0 Å². The molecule has 0 amide bonds. The highest BCUT2D eigenvalue weighted by molar-refractivity contribution is 5.42. The van der Waals surface area contributed by atoms with Crippen molar-refractivity contribution in [3.8, 4) is 5.75 Å². The van der Waals surface area contributed by atoms with E-state index in [1.807, 2.05) is 0 Å². The molecule has 0 atom stereocenters. The zero-order chi connectivity index (χ0) is 14.5. The molecule has 0 fully saturated rings. The van der Waals surface area contributed by atoms with E-state index in [0.29, 0.717) is 12.1 Å². The Morgan fingerprint density at radius 2 is 1.47 bits per heavy atom. The van der Waals surface area contributed by atoms with E-state index >= 15 is 0 Å². The van der Waals surface area contributed by atoms with Crippen LogP contribution >= 0.6 is 0 Å². The summed E-state index contributed by atoms with van der Waals surface area (Å²) in [6.45, 7) is 0.149. The SMILES string of the molecule is FC(F)(F)C(F)(c1ccc2c(c1)CCO2)C(F)(F)F. The zero-order valence-electron chi connectivity index (χ0n) is 9.20. The molecule has 0 unspecified atom stereocenters. The number of halogens is 7. The summed E-state index contributed by atoms with van der Waals surface area (Å²) >= 11 is 0. The summed E-state index contributed by atoms with van der Waals surface area (Å²) in [4.78, 5) is 0. The van der Waals surface area contributed by atoms with Crippen molar-refractivity contribution < 1.29 is 35.5 Å². The molecule has 0 saturated heterocycles. The number of benzene rings is 1. The van der Waals surface area contributed by atoms with Crippen LogP contribution in [0.3, 0.4) is 0 Å². The van der Waals surface area contributed by atoms with Crippen LogP contribution in [0.1, 0.15) is 11.1 Å². The van der Waals surface area contributed by atoms with Gasteiger partial charge in [0.2, 0.25) is 0 Å². The summed E-state index contributed by atoms with van der Waals surface area (Å²) in [6, 6.07) is 1.93. The molecule has 1 nitrogen and oxygen atoms in total. The molecule has 19 heavy (non-hydrogen) atoms. The summed E-state index contributed by atoms with van der Waals surface area (Å²) in [6.07, 6.45) is -12.0. The van der Waals surface area contributed by atoms with Gasteiger partial charge in [-0.1, -0.05) is 6.07 Å². The van der Waals surface area contributed by atoms with Gasteiger partial charge in [-0.15, -0.1) is 0 Å². The van der Waals surface area contributed by atoms with Gasteiger partial charge in [0.05, 0.1) is 6.61 Å². The molecular formula is C11H7F7O. The second-order valence-corrected chi connectivity index (χ2v) is 4.07. The maximum atomic E-state index is 13.7. The van der Waals surface area contributed by atoms with Crippen LogP contribution in [-0.4, -0.2) is 19.0 Å². The smallest absolute Gasteiger partial charge is 0.435 e. The highest BCUT2D eigenvalue weighted by Gasteiger charge is 2.73. The second-order valence-electron chi connectivity index (χ2n) is 4.07. The minimum Gasteiger partial charge on any atom is -0.493 e. The van der Waals surface area contributed by atoms with E-state index in [-0.39, 0.29) is 24.3 Å². The third kappa shape index (κ3) is 2.02. The average Bonchev–Trinajstić information content (AvgIpc) is 2.71. The molecule has 1 aromatic rings. The highest BCUT2D eigenvalue weighted by Crippen LogP contribution is 2.53. The van der Waals surface area contributed by atoms with Crippen LogP contribution in [-0.2, 0) is 12.1 Å². The van der Waals surface area contributed by atoms with Gasteiger partial charge in [0.15, 0.2) is 0 Å². The lowest BCUT2D eigenvalue weighted by Gasteiger charge is -2.30. The Morgan fingerprint density at radius 3 is 2.00 bits per heavy atom. The predicted molar refractivity (Wildman–Crippen MR) is 50.5 cm³/mol. The van der Waals surface area contributed by atoms with E-state index in [1.54, 1.807) is 0 Å². The molecule has 0 spiro atoms. The van der Waals surface area contributed by atoms with E-state index in [1.165, 1.54) is 0 Å². The summed E-state index contributed by atoms with van der Waals surface area (Å²) in [5, 5.41) is 0. The Balaban J connectivity index is 2.57. The minimum atomic E-state index is -6.08. The molecule has 1 aliphatic heterocycles. The fraction of sp³-hybridized carbons (Fsp3) is 0.455. The first-order valence-corrected chi connectivity index (χ1v) is 5.16. The molecule has 2 rings (SSSR count). The highest BCUT2D eigenvalue weighted by atomic mass is 19.4. The second kappa shape index (κ2) is 4.01. The van der Waals surface area contributed by atoms with Crippen LogP contribution < -0.4 is 4.74 Å². The summed E-state index contributed by atoms with van der Waals surface area (Å²) in [5.74, 6) is 0.176. The number of alkyl halides is 7. The van der Waals surface area contributed by atoms with Gasteiger partial charge in [-0.05, 0) is 17.7 Å².